The van der Waals surface area contributed by atoms with Crippen molar-refractivity contribution < 1.29 is 4.79 Å². The van der Waals surface area contributed by atoms with Gasteiger partial charge in [-0.1, -0.05) is 34.8 Å². The summed E-state index contributed by atoms with van der Waals surface area (Å²) in [6.45, 7) is 3.00. The van der Waals surface area contributed by atoms with Crippen molar-refractivity contribution in [3.63, 3.8) is 0 Å². The summed E-state index contributed by atoms with van der Waals surface area (Å²) in [5.41, 5.74) is 0.420. The van der Waals surface area contributed by atoms with Crippen LogP contribution in [0.15, 0.2) is 24.4 Å². The number of aromatic nitrogens is 1. The summed E-state index contributed by atoms with van der Waals surface area (Å²) in [4.78, 5) is 19.0. The molecule has 3 nitrogen and oxygen atoms in total. The van der Waals surface area contributed by atoms with E-state index in [0.717, 1.165) is 4.88 Å². The van der Waals surface area contributed by atoms with Gasteiger partial charge in [-0.15, -0.1) is 11.3 Å². The molecule has 0 bridgehead atoms. The van der Waals surface area contributed by atoms with E-state index >= 15 is 0 Å². The molecular formula is C13H11Cl3N2OS. The molecule has 2 heterocycles. The zero-order valence-electron chi connectivity index (χ0n) is 10.6. The first-order valence-electron chi connectivity index (χ1n) is 5.85. The molecule has 0 aliphatic rings. The number of carbonyl (C=O) groups is 1. The molecule has 2 aromatic rings. The van der Waals surface area contributed by atoms with Crippen LogP contribution in [-0.2, 0) is 6.54 Å². The third-order valence-electron chi connectivity index (χ3n) is 2.69. The molecule has 0 atom stereocenters. The molecule has 0 saturated heterocycles. The van der Waals surface area contributed by atoms with Gasteiger partial charge in [0.1, 0.15) is 5.15 Å². The predicted molar refractivity (Wildman–Crippen MR) is 84.0 cm³/mol. The van der Waals surface area contributed by atoms with Crippen LogP contribution in [0.1, 0.15) is 22.2 Å². The SMILES string of the molecule is CCN(Cc1ccc(Cl)s1)C(=O)c1cnc(Cl)c(Cl)c1. The van der Waals surface area contributed by atoms with E-state index in [4.69, 9.17) is 34.8 Å². The third-order valence-corrected chi connectivity index (χ3v) is 4.59. The van der Waals surface area contributed by atoms with E-state index in [-0.39, 0.29) is 16.1 Å². The van der Waals surface area contributed by atoms with Crippen molar-refractivity contribution in [2.24, 2.45) is 0 Å². The van der Waals surface area contributed by atoms with Gasteiger partial charge in [-0.2, -0.15) is 0 Å². The van der Waals surface area contributed by atoms with Crippen molar-refractivity contribution >= 4 is 52.0 Å². The molecule has 2 rings (SSSR count). The van der Waals surface area contributed by atoms with E-state index in [1.165, 1.54) is 23.6 Å². The second kappa shape index (κ2) is 6.76. The fraction of sp³-hybridized carbons (Fsp3) is 0.231. The highest BCUT2D eigenvalue weighted by Gasteiger charge is 2.17. The summed E-state index contributed by atoms with van der Waals surface area (Å²) in [7, 11) is 0. The lowest BCUT2D eigenvalue weighted by molar-refractivity contribution is 0.0754. The number of rotatable bonds is 4. The highest BCUT2D eigenvalue weighted by atomic mass is 35.5. The van der Waals surface area contributed by atoms with Crippen molar-refractivity contribution in [2.45, 2.75) is 13.5 Å². The Morgan fingerprint density at radius 3 is 2.65 bits per heavy atom. The second-order valence-corrected chi connectivity index (χ2v) is 6.59. The molecule has 0 aliphatic carbocycles. The van der Waals surface area contributed by atoms with Crippen LogP contribution in [0, 0.1) is 0 Å². The Labute approximate surface area is 136 Å². The van der Waals surface area contributed by atoms with Gasteiger partial charge in [0.05, 0.1) is 21.5 Å². The molecule has 0 radical (unpaired) electrons. The number of halogens is 3. The molecular weight excluding hydrogens is 339 g/mol. The van der Waals surface area contributed by atoms with E-state index in [9.17, 15) is 4.79 Å². The molecule has 1 amide bonds. The molecule has 0 aliphatic heterocycles. The van der Waals surface area contributed by atoms with E-state index < -0.39 is 0 Å². The lowest BCUT2D eigenvalue weighted by Gasteiger charge is -2.20. The minimum Gasteiger partial charge on any atom is -0.334 e. The van der Waals surface area contributed by atoms with Crippen LogP contribution in [0.4, 0.5) is 0 Å². The Kier molecular flexibility index (Phi) is 5.27. The quantitative estimate of drug-likeness (QED) is 0.745. The molecule has 0 fully saturated rings. The number of hydrogen-bond donors (Lipinski definition) is 0. The van der Waals surface area contributed by atoms with Crippen LogP contribution < -0.4 is 0 Å². The fourth-order valence-corrected chi connectivity index (χ4v) is 3.05. The van der Waals surface area contributed by atoms with Crippen LogP contribution in [-0.4, -0.2) is 22.3 Å². The first kappa shape index (κ1) is 15.6. The fourth-order valence-electron chi connectivity index (χ4n) is 1.67. The Bertz CT molecular complexity index is 630. The summed E-state index contributed by atoms with van der Waals surface area (Å²) in [6.07, 6.45) is 1.43. The first-order chi connectivity index (χ1) is 9.51. The number of amides is 1. The summed E-state index contributed by atoms with van der Waals surface area (Å²) >= 11 is 19.0. The zero-order valence-corrected chi connectivity index (χ0v) is 13.7. The maximum absolute atomic E-state index is 12.4. The minimum atomic E-state index is -0.136. The molecule has 0 N–H and O–H groups in total. The average Bonchev–Trinajstić information content (AvgIpc) is 2.84. The topological polar surface area (TPSA) is 33.2 Å². The Hall–Kier alpha value is -0.810. The number of nitrogens with zero attached hydrogens (tertiary/aromatic N) is 2. The maximum atomic E-state index is 12.4. The lowest BCUT2D eigenvalue weighted by Crippen LogP contribution is -2.30. The number of pyridine rings is 1. The molecule has 7 heteroatoms. The molecule has 0 saturated carbocycles. The van der Waals surface area contributed by atoms with Crippen molar-refractivity contribution in [3.05, 3.63) is 49.3 Å². The van der Waals surface area contributed by atoms with Gasteiger partial charge in [-0.25, -0.2) is 4.98 Å². The van der Waals surface area contributed by atoms with Gasteiger partial charge in [-0.05, 0) is 25.1 Å². The molecule has 2 aromatic heterocycles. The number of hydrogen-bond acceptors (Lipinski definition) is 3. The summed E-state index contributed by atoms with van der Waals surface area (Å²) in [5.74, 6) is -0.136. The van der Waals surface area contributed by atoms with Crippen LogP contribution in [0.25, 0.3) is 0 Å². The van der Waals surface area contributed by atoms with Crippen molar-refractivity contribution in [1.29, 1.82) is 0 Å². The third kappa shape index (κ3) is 3.64. The van der Waals surface area contributed by atoms with E-state index in [0.29, 0.717) is 23.0 Å². The van der Waals surface area contributed by atoms with Gasteiger partial charge >= 0.3 is 0 Å². The lowest BCUT2D eigenvalue weighted by atomic mass is 10.2. The van der Waals surface area contributed by atoms with Gasteiger partial charge in [0.25, 0.3) is 5.91 Å². The van der Waals surface area contributed by atoms with Crippen LogP contribution in [0.5, 0.6) is 0 Å². The van der Waals surface area contributed by atoms with E-state index in [1.807, 2.05) is 19.1 Å². The second-order valence-electron chi connectivity index (χ2n) is 4.02. The summed E-state index contributed by atoms with van der Waals surface area (Å²) in [5, 5.41) is 0.462. The molecule has 20 heavy (non-hydrogen) atoms. The average molecular weight is 350 g/mol. The van der Waals surface area contributed by atoms with Gasteiger partial charge in [-0.3, -0.25) is 4.79 Å². The monoisotopic (exact) mass is 348 g/mol. The summed E-state index contributed by atoms with van der Waals surface area (Å²) in [6, 6.07) is 5.26. The van der Waals surface area contributed by atoms with E-state index in [1.54, 1.807) is 4.90 Å². The zero-order chi connectivity index (χ0) is 14.7. The van der Waals surface area contributed by atoms with Gasteiger partial charge < -0.3 is 4.90 Å². The number of carbonyl (C=O) groups excluding carboxylic acids is 1. The van der Waals surface area contributed by atoms with Crippen molar-refractivity contribution in [2.75, 3.05) is 6.54 Å². The number of thiophene rings is 1. The predicted octanol–water partition coefficient (Wildman–Crippen LogP) is 4.77. The van der Waals surface area contributed by atoms with Gasteiger partial charge in [0.15, 0.2) is 0 Å². The molecule has 0 unspecified atom stereocenters. The highest BCUT2D eigenvalue weighted by Crippen LogP contribution is 2.24. The highest BCUT2D eigenvalue weighted by molar-refractivity contribution is 7.16. The van der Waals surface area contributed by atoms with E-state index in [2.05, 4.69) is 4.98 Å². The van der Waals surface area contributed by atoms with Crippen LogP contribution >= 0.6 is 46.1 Å². The van der Waals surface area contributed by atoms with Crippen molar-refractivity contribution in [1.82, 2.24) is 9.88 Å². The van der Waals surface area contributed by atoms with Gasteiger partial charge in [0.2, 0.25) is 0 Å². The minimum absolute atomic E-state index is 0.136. The van der Waals surface area contributed by atoms with Crippen LogP contribution in [0.3, 0.4) is 0 Å². The maximum Gasteiger partial charge on any atom is 0.255 e. The standard InChI is InChI=1S/C13H11Cl3N2OS/c1-2-18(7-9-3-4-11(15)20-9)13(19)8-5-10(14)12(16)17-6-8/h3-6H,2,7H2,1H3. The first-order valence-corrected chi connectivity index (χ1v) is 7.80. The Morgan fingerprint density at radius 1 is 1.35 bits per heavy atom. The molecule has 0 aromatic carbocycles. The summed E-state index contributed by atoms with van der Waals surface area (Å²) < 4.78 is 0.708. The van der Waals surface area contributed by atoms with Gasteiger partial charge in [0, 0.05) is 17.6 Å². The van der Waals surface area contributed by atoms with Crippen LogP contribution in [0.2, 0.25) is 14.5 Å². The largest absolute Gasteiger partial charge is 0.334 e. The Morgan fingerprint density at radius 2 is 2.10 bits per heavy atom. The van der Waals surface area contributed by atoms with Crippen molar-refractivity contribution in [3.8, 4) is 0 Å². The smallest absolute Gasteiger partial charge is 0.255 e. The molecule has 0 spiro atoms. The normalized spacial score (nSPS) is 10.6. The molecule has 106 valence electrons. The Balaban J connectivity index is 2.18.